The molecule has 0 spiro atoms. The van der Waals surface area contributed by atoms with E-state index in [0.717, 1.165) is 30.3 Å². The Balaban J connectivity index is 1.33. The van der Waals surface area contributed by atoms with Crippen LogP contribution in [0.15, 0.2) is 121 Å². The van der Waals surface area contributed by atoms with Gasteiger partial charge in [-0.05, 0) is 96.8 Å². The van der Waals surface area contributed by atoms with Crippen LogP contribution in [0.1, 0.15) is 19.4 Å². The Kier molecular flexibility index (Phi) is 10.5. The fourth-order valence-corrected chi connectivity index (χ4v) is 6.47. The summed E-state index contributed by atoms with van der Waals surface area (Å²) in [6, 6.07) is 10.9. The van der Waals surface area contributed by atoms with Crippen LogP contribution in [0.5, 0.6) is 0 Å². The number of nitrogens with zero attached hydrogens (tertiary/aromatic N) is 4. The number of carbonyl (C=O) groups excluding carboxylic acids is 2. The SMILES string of the molecule is CC1=CC(=NC2=C(C)C(=O)C(Nc3ccc(Nc4ccc(N(O)O)cc4S(=O)(=O)O)c(C)c3)=CC2=O)C=CC1=Nc1ccc([N+](=O)[O-])cc1[S+](=O)(O)O. The summed E-state index contributed by atoms with van der Waals surface area (Å²) in [4.78, 5) is 44.2. The van der Waals surface area contributed by atoms with E-state index in [-0.39, 0.29) is 50.7 Å². The minimum atomic E-state index is -4.77. The molecule has 0 saturated heterocycles. The maximum absolute atomic E-state index is 13.3. The van der Waals surface area contributed by atoms with Gasteiger partial charge in [0.05, 0.1) is 39.5 Å². The number of benzene rings is 3. The second kappa shape index (κ2) is 14.6. The Bertz CT molecular complexity index is 2460. The second-order valence-electron chi connectivity index (χ2n) is 11.5. The number of aliphatic imine (C=N–C) groups is 2. The molecule has 0 aromatic heterocycles. The molecular formula is C33H29N6O12S2+. The van der Waals surface area contributed by atoms with Gasteiger partial charge in [0.1, 0.15) is 16.3 Å². The predicted molar refractivity (Wildman–Crippen MR) is 193 cm³/mol. The quantitative estimate of drug-likeness (QED) is 0.0426. The third-order valence-corrected chi connectivity index (χ3v) is 9.59. The molecule has 0 heterocycles. The van der Waals surface area contributed by atoms with E-state index in [1.54, 1.807) is 32.0 Å². The number of carbonyl (C=O) groups is 2. The van der Waals surface area contributed by atoms with E-state index in [0.29, 0.717) is 22.5 Å². The van der Waals surface area contributed by atoms with Crippen LogP contribution < -0.4 is 15.9 Å². The summed E-state index contributed by atoms with van der Waals surface area (Å²) in [5.74, 6) is -1.10. The van der Waals surface area contributed by atoms with Gasteiger partial charge in [0.15, 0.2) is 0 Å². The van der Waals surface area contributed by atoms with Crippen molar-refractivity contribution in [2.24, 2.45) is 9.98 Å². The van der Waals surface area contributed by atoms with E-state index >= 15 is 0 Å². The first-order valence-corrected chi connectivity index (χ1v) is 17.9. The first kappa shape index (κ1) is 38.2. The lowest BCUT2D eigenvalue weighted by molar-refractivity contribution is -0.385. The monoisotopic (exact) mass is 765 g/mol. The van der Waals surface area contributed by atoms with Gasteiger partial charge in [0, 0.05) is 29.1 Å². The Morgan fingerprint density at radius 2 is 1.58 bits per heavy atom. The molecule has 18 nitrogen and oxygen atoms in total. The van der Waals surface area contributed by atoms with Crippen molar-refractivity contribution in [1.82, 2.24) is 0 Å². The lowest BCUT2D eigenvalue weighted by atomic mass is 9.97. The fourth-order valence-electron chi connectivity index (χ4n) is 5.14. The van der Waals surface area contributed by atoms with Crippen molar-refractivity contribution >= 4 is 77.7 Å². The van der Waals surface area contributed by atoms with Crippen LogP contribution in [0.4, 0.5) is 34.1 Å². The molecule has 274 valence electrons. The van der Waals surface area contributed by atoms with E-state index in [1.165, 1.54) is 37.3 Å². The highest BCUT2D eigenvalue weighted by atomic mass is 32.3. The van der Waals surface area contributed by atoms with Crippen LogP contribution in [-0.2, 0) is 34.4 Å². The van der Waals surface area contributed by atoms with Crippen LogP contribution >= 0.6 is 0 Å². The molecule has 0 amide bonds. The van der Waals surface area contributed by atoms with E-state index in [2.05, 4.69) is 20.6 Å². The minimum Gasteiger partial charge on any atom is -0.354 e. The molecular weight excluding hydrogens is 737 g/mol. The van der Waals surface area contributed by atoms with Gasteiger partial charge in [0.25, 0.3) is 20.7 Å². The number of rotatable bonds is 10. The fraction of sp³-hybridized carbons (Fsp3) is 0.0909. The zero-order chi connectivity index (χ0) is 39.0. The number of hydrogen-bond donors (Lipinski definition) is 7. The van der Waals surface area contributed by atoms with Gasteiger partial charge in [-0.2, -0.15) is 17.5 Å². The molecule has 2 aliphatic rings. The molecule has 3 aromatic carbocycles. The summed E-state index contributed by atoms with van der Waals surface area (Å²) >= 11 is 0. The van der Waals surface area contributed by atoms with Gasteiger partial charge < -0.3 is 10.6 Å². The number of nitro benzene ring substituents is 1. The standard InChI is InChI=1S/C33H28N6O12S2/c1-17-12-20(4-8-24(17)36-26-10-6-22(38(42)43)14-30(26)52(46,47)48)34-28-16-29(40)32(19(3)33(28)41)35-21-5-9-25(18(2)13-21)37-27-11-7-23(39(44)45)15-31(27)53(49,50)51/h4-16,42-43H,1-3H3,(H4-,34,35,36,37,40,41,46,47,48,49,50,51)/p+1. The van der Waals surface area contributed by atoms with Crippen LogP contribution in [0, 0.1) is 17.0 Å². The zero-order valence-corrected chi connectivity index (χ0v) is 29.3. The average Bonchev–Trinajstić information content (AvgIpc) is 3.07. The van der Waals surface area contributed by atoms with E-state index in [1.807, 2.05) is 0 Å². The zero-order valence-electron chi connectivity index (χ0n) is 27.7. The lowest BCUT2D eigenvalue weighted by Gasteiger charge is -2.18. The van der Waals surface area contributed by atoms with Gasteiger partial charge in [0.2, 0.25) is 11.6 Å². The van der Waals surface area contributed by atoms with Crippen LogP contribution in [0.3, 0.4) is 0 Å². The van der Waals surface area contributed by atoms with Gasteiger partial charge in [-0.1, -0.05) is 0 Å². The highest BCUT2D eigenvalue weighted by Crippen LogP contribution is 2.33. The molecule has 0 radical (unpaired) electrons. The van der Waals surface area contributed by atoms with Crippen LogP contribution in [0.25, 0.3) is 0 Å². The van der Waals surface area contributed by atoms with Crippen LogP contribution in [0.2, 0.25) is 0 Å². The molecule has 2 aliphatic carbocycles. The van der Waals surface area contributed by atoms with Crippen molar-refractivity contribution in [3.8, 4) is 0 Å². The Hall–Kier alpha value is -6.00. The number of anilines is 4. The summed E-state index contributed by atoms with van der Waals surface area (Å²) < 4.78 is 65.0. The van der Waals surface area contributed by atoms with Crippen LogP contribution in [-0.4, -0.2) is 60.4 Å². The normalized spacial score (nSPS) is 16.5. The summed E-state index contributed by atoms with van der Waals surface area (Å²) in [5, 5.41) is 35.1. The number of Topliss-reactive ketones (excluding diaryl/α,β-unsaturated/α-hetero) is 1. The van der Waals surface area contributed by atoms with Crippen molar-refractivity contribution in [3.63, 3.8) is 0 Å². The Morgan fingerprint density at radius 3 is 2.19 bits per heavy atom. The van der Waals surface area contributed by atoms with Crippen molar-refractivity contribution < 1.29 is 51.2 Å². The number of ketones is 2. The average molecular weight is 766 g/mol. The third-order valence-electron chi connectivity index (χ3n) is 7.80. The molecule has 7 N–H and O–H groups in total. The van der Waals surface area contributed by atoms with Gasteiger partial charge >= 0.3 is 10.5 Å². The lowest BCUT2D eigenvalue weighted by Crippen LogP contribution is -2.22. The molecule has 0 bridgehead atoms. The molecule has 0 aliphatic heterocycles. The molecule has 0 unspecified atom stereocenters. The second-order valence-corrected chi connectivity index (χ2v) is 14.4. The van der Waals surface area contributed by atoms with E-state index in [9.17, 15) is 56.4 Å². The number of non-ortho nitro benzene ring substituents is 1. The number of aryl methyl sites for hydroxylation is 1. The molecule has 20 heteroatoms. The molecule has 0 atom stereocenters. The molecule has 53 heavy (non-hydrogen) atoms. The summed E-state index contributed by atoms with van der Waals surface area (Å²) in [6.07, 6.45) is 5.57. The number of nitro groups is 1. The molecule has 0 saturated carbocycles. The largest absolute Gasteiger partial charge is 0.388 e. The first-order chi connectivity index (χ1) is 24.7. The predicted octanol–water partition coefficient (Wildman–Crippen LogP) is 5.73. The maximum atomic E-state index is 13.3. The van der Waals surface area contributed by atoms with Crippen molar-refractivity contribution in [3.05, 3.63) is 117 Å². The molecule has 3 aromatic rings. The Labute approximate surface area is 301 Å². The smallest absolute Gasteiger partial charge is 0.354 e. The summed E-state index contributed by atoms with van der Waals surface area (Å²) in [5.41, 5.74) is 1.17. The molecule has 5 rings (SSSR count). The number of allylic oxidation sites excluding steroid dienone is 6. The molecule has 0 fully saturated rings. The maximum Gasteiger partial charge on any atom is 0.388 e. The van der Waals surface area contributed by atoms with Crippen molar-refractivity contribution in [1.29, 1.82) is 0 Å². The first-order valence-electron chi connectivity index (χ1n) is 15.0. The highest BCUT2D eigenvalue weighted by Gasteiger charge is 2.33. The van der Waals surface area contributed by atoms with Gasteiger partial charge in [-0.15, -0.1) is 5.23 Å². The van der Waals surface area contributed by atoms with E-state index < -0.39 is 52.6 Å². The van der Waals surface area contributed by atoms with E-state index in [4.69, 9.17) is 0 Å². The summed E-state index contributed by atoms with van der Waals surface area (Å²) in [6.45, 7) is 4.73. The third kappa shape index (κ3) is 8.56. The Morgan fingerprint density at radius 1 is 0.887 bits per heavy atom. The topological polar surface area (TPSA) is 282 Å². The van der Waals surface area contributed by atoms with Crippen molar-refractivity contribution in [2.45, 2.75) is 30.6 Å². The minimum absolute atomic E-state index is 0.0399. The number of nitrogens with one attached hydrogen (secondary N) is 2. The highest BCUT2D eigenvalue weighted by molar-refractivity contribution is 7.92. The summed E-state index contributed by atoms with van der Waals surface area (Å²) in [7, 11) is -9.39. The number of hydrogen-bond acceptors (Lipinski definition) is 14. The van der Waals surface area contributed by atoms with Gasteiger partial charge in [-0.3, -0.25) is 34.7 Å². The van der Waals surface area contributed by atoms with Gasteiger partial charge in [-0.25, -0.2) is 9.98 Å². The van der Waals surface area contributed by atoms with Crippen molar-refractivity contribution in [2.75, 3.05) is 15.9 Å².